The van der Waals surface area contributed by atoms with Crippen LogP contribution in [0.15, 0.2) is 72.8 Å². The molecular formula is C29H37ClN2O7S. The van der Waals surface area contributed by atoms with Crippen LogP contribution in [0.1, 0.15) is 42.3 Å². The number of amides is 1. The molecule has 4 N–H and O–H groups in total. The number of rotatable bonds is 15. The number of aliphatic hydroxyl groups excluding tert-OH is 2. The van der Waals surface area contributed by atoms with E-state index in [0.29, 0.717) is 25.4 Å². The van der Waals surface area contributed by atoms with Crippen LogP contribution < -0.4 is 19.5 Å². The number of carbonyl (C=O) groups excluding carboxylic acids is 1. The van der Waals surface area contributed by atoms with Gasteiger partial charge in [-0.15, -0.1) is 12.4 Å². The second kappa shape index (κ2) is 16.2. The maximum atomic E-state index is 12.7. The molecular weight excluding hydrogens is 556 g/mol. The first-order chi connectivity index (χ1) is 18.7. The highest BCUT2D eigenvalue weighted by molar-refractivity contribution is 7.90. The molecule has 0 aliphatic rings. The maximum absolute atomic E-state index is 12.7. The second-order valence-electron chi connectivity index (χ2n) is 9.21. The quantitative estimate of drug-likeness (QED) is 0.196. The summed E-state index contributed by atoms with van der Waals surface area (Å²) in [6, 6.07) is 21.9. The fraction of sp³-hybridized carbons (Fsp3) is 0.345. The van der Waals surface area contributed by atoms with Gasteiger partial charge in [-0.05, 0) is 61.2 Å². The zero-order valence-corrected chi connectivity index (χ0v) is 24.2. The molecule has 0 aliphatic heterocycles. The van der Waals surface area contributed by atoms with Gasteiger partial charge in [-0.25, -0.2) is 13.1 Å². The zero-order chi connectivity index (χ0) is 28.3. The van der Waals surface area contributed by atoms with E-state index in [4.69, 9.17) is 14.6 Å². The van der Waals surface area contributed by atoms with E-state index < -0.39 is 22.0 Å². The predicted octanol–water partition coefficient (Wildman–Crippen LogP) is 3.71. The Bertz CT molecular complexity index is 1300. The van der Waals surface area contributed by atoms with Crippen LogP contribution in [0.3, 0.4) is 0 Å². The zero-order valence-electron chi connectivity index (χ0n) is 22.6. The van der Waals surface area contributed by atoms with Crippen molar-refractivity contribution in [3.05, 3.63) is 83.9 Å². The predicted molar refractivity (Wildman–Crippen MR) is 158 cm³/mol. The molecule has 3 aromatic carbocycles. The van der Waals surface area contributed by atoms with Gasteiger partial charge in [0.05, 0.1) is 23.5 Å². The average Bonchev–Trinajstić information content (AvgIpc) is 2.92. The summed E-state index contributed by atoms with van der Waals surface area (Å²) in [5, 5.41) is 22.3. The van der Waals surface area contributed by atoms with Gasteiger partial charge in [0.1, 0.15) is 18.1 Å². The van der Waals surface area contributed by atoms with Gasteiger partial charge >= 0.3 is 0 Å². The van der Waals surface area contributed by atoms with E-state index in [-0.39, 0.29) is 48.6 Å². The number of hydrogen-bond donors (Lipinski definition) is 4. The van der Waals surface area contributed by atoms with Gasteiger partial charge in [-0.3, -0.25) is 4.79 Å². The summed E-state index contributed by atoms with van der Waals surface area (Å²) in [6.07, 6.45) is -0.788. The summed E-state index contributed by atoms with van der Waals surface area (Å²) in [6.45, 7) is 4.77. The normalized spacial score (nSPS) is 11.9. The molecule has 3 aromatic rings. The Kier molecular flexibility index (Phi) is 13.4. The minimum atomic E-state index is -3.88. The van der Waals surface area contributed by atoms with Gasteiger partial charge in [0.25, 0.3) is 5.91 Å². The van der Waals surface area contributed by atoms with Crippen LogP contribution in [0, 0.1) is 0 Å². The van der Waals surface area contributed by atoms with Crippen molar-refractivity contribution in [1.82, 2.24) is 10.0 Å². The average molecular weight is 593 g/mol. The van der Waals surface area contributed by atoms with Crippen molar-refractivity contribution in [1.29, 1.82) is 0 Å². The van der Waals surface area contributed by atoms with Crippen molar-refractivity contribution in [2.45, 2.75) is 32.5 Å². The Morgan fingerprint density at radius 2 is 1.65 bits per heavy atom. The van der Waals surface area contributed by atoms with E-state index in [1.165, 1.54) is 6.07 Å². The number of sulfonamides is 1. The fourth-order valence-corrected chi connectivity index (χ4v) is 4.76. The molecule has 0 saturated carbocycles. The molecule has 0 radical (unpaired) electrons. The lowest BCUT2D eigenvalue weighted by atomic mass is 10.0. The van der Waals surface area contributed by atoms with E-state index in [9.17, 15) is 18.3 Å². The molecule has 1 atom stereocenters. The summed E-state index contributed by atoms with van der Waals surface area (Å²) in [4.78, 5) is 12.7. The Labute approximate surface area is 242 Å². The van der Waals surface area contributed by atoms with E-state index in [1.54, 1.807) is 12.1 Å². The molecule has 0 spiro atoms. The third-order valence-electron chi connectivity index (χ3n) is 5.67. The molecule has 0 aliphatic carbocycles. The molecule has 0 saturated heterocycles. The van der Waals surface area contributed by atoms with Gasteiger partial charge in [-0.1, -0.05) is 48.5 Å². The van der Waals surface area contributed by atoms with Gasteiger partial charge in [0.15, 0.2) is 0 Å². The van der Waals surface area contributed by atoms with E-state index in [1.807, 2.05) is 73.2 Å². The minimum Gasteiger partial charge on any atom is -0.492 e. The van der Waals surface area contributed by atoms with Crippen molar-refractivity contribution in [2.75, 3.05) is 32.1 Å². The molecule has 0 bridgehead atoms. The molecule has 40 heavy (non-hydrogen) atoms. The summed E-state index contributed by atoms with van der Waals surface area (Å²) in [5.41, 5.74) is 2.61. The van der Waals surface area contributed by atoms with Crippen LogP contribution in [-0.2, 0) is 10.0 Å². The first-order valence-electron chi connectivity index (χ1n) is 12.8. The summed E-state index contributed by atoms with van der Waals surface area (Å²) >= 11 is 0. The third kappa shape index (κ3) is 10.4. The molecule has 0 fully saturated rings. The lowest BCUT2D eigenvalue weighted by Crippen LogP contribution is -2.33. The SMILES string of the molecule is CC(C)Oc1cc(-c2ccc(OCCNC[C@H](O)c3ccccc3)cc2)ccc1C(=O)NS(=O)(=O)CCCO.Cl. The number of carbonyl (C=O) groups is 1. The van der Waals surface area contributed by atoms with Crippen molar-refractivity contribution in [2.24, 2.45) is 0 Å². The van der Waals surface area contributed by atoms with Crippen molar-refractivity contribution >= 4 is 28.3 Å². The monoisotopic (exact) mass is 592 g/mol. The molecule has 0 aromatic heterocycles. The Morgan fingerprint density at radius 1 is 0.975 bits per heavy atom. The first-order valence-corrected chi connectivity index (χ1v) is 14.5. The summed E-state index contributed by atoms with van der Waals surface area (Å²) in [5.74, 6) is -0.189. The van der Waals surface area contributed by atoms with Gasteiger partial charge < -0.3 is 25.0 Å². The smallest absolute Gasteiger partial charge is 0.268 e. The standard InChI is InChI=1S/C29H36N2O7S.ClH/c1-21(2)38-28-19-24(11-14-26(28)29(34)31-39(35,36)18-6-16-32)22-9-12-25(13-10-22)37-17-15-30-20-27(33)23-7-4-3-5-8-23;/h3-5,7-14,19,21,27,30,32-33H,6,15-18,20H2,1-2H3,(H,31,34);1H/t27-;/m0./s1. The van der Waals surface area contributed by atoms with Crippen molar-refractivity contribution in [3.63, 3.8) is 0 Å². The molecule has 3 rings (SSSR count). The van der Waals surface area contributed by atoms with E-state index in [0.717, 1.165) is 16.7 Å². The number of halogens is 1. The fourth-order valence-electron chi connectivity index (χ4n) is 3.76. The van der Waals surface area contributed by atoms with Crippen LogP contribution in [0.2, 0.25) is 0 Å². The highest BCUT2D eigenvalue weighted by Gasteiger charge is 2.20. The van der Waals surface area contributed by atoms with Crippen molar-refractivity contribution in [3.8, 4) is 22.6 Å². The highest BCUT2D eigenvalue weighted by atomic mass is 35.5. The molecule has 0 heterocycles. The van der Waals surface area contributed by atoms with Crippen LogP contribution in [0.25, 0.3) is 11.1 Å². The summed E-state index contributed by atoms with van der Waals surface area (Å²) in [7, 11) is -3.88. The molecule has 9 nitrogen and oxygen atoms in total. The second-order valence-corrected chi connectivity index (χ2v) is 11.1. The number of ether oxygens (including phenoxy) is 2. The number of aliphatic hydroxyl groups is 2. The Balaban J connectivity index is 0.00000560. The van der Waals surface area contributed by atoms with E-state index in [2.05, 4.69) is 5.32 Å². The lowest BCUT2D eigenvalue weighted by molar-refractivity contribution is 0.0975. The molecule has 218 valence electrons. The topological polar surface area (TPSA) is 134 Å². The van der Waals surface area contributed by atoms with Crippen LogP contribution >= 0.6 is 12.4 Å². The summed E-state index contributed by atoms with van der Waals surface area (Å²) < 4.78 is 37.9. The highest BCUT2D eigenvalue weighted by Crippen LogP contribution is 2.29. The van der Waals surface area contributed by atoms with Gasteiger partial charge in [-0.2, -0.15) is 0 Å². The first kappa shape index (κ1) is 33.1. The van der Waals surface area contributed by atoms with E-state index >= 15 is 0 Å². The van der Waals surface area contributed by atoms with Crippen molar-refractivity contribution < 1.29 is 32.9 Å². The number of nitrogens with one attached hydrogen (secondary N) is 2. The molecule has 0 unspecified atom stereocenters. The number of benzene rings is 3. The van der Waals surface area contributed by atoms with Gasteiger partial charge in [0, 0.05) is 19.7 Å². The molecule has 11 heteroatoms. The Hall–Kier alpha value is -3.15. The maximum Gasteiger partial charge on any atom is 0.268 e. The van der Waals surface area contributed by atoms with Crippen LogP contribution in [0.5, 0.6) is 11.5 Å². The Morgan fingerprint density at radius 3 is 2.30 bits per heavy atom. The molecule has 1 amide bonds. The van der Waals surface area contributed by atoms with Crippen LogP contribution in [-0.4, -0.2) is 62.7 Å². The minimum absolute atomic E-state index is 0. The van der Waals surface area contributed by atoms with Gasteiger partial charge in [0.2, 0.25) is 10.0 Å². The third-order valence-corrected chi connectivity index (χ3v) is 6.99. The van der Waals surface area contributed by atoms with Crippen LogP contribution in [0.4, 0.5) is 0 Å². The number of hydrogen-bond acceptors (Lipinski definition) is 8. The largest absolute Gasteiger partial charge is 0.492 e. The lowest BCUT2D eigenvalue weighted by Gasteiger charge is -2.16.